The second kappa shape index (κ2) is 11.2. The Balaban J connectivity index is -0.000000180. The number of rotatable bonds is 2. The van der Waals surface area contributed by atoms with Gasteiger partial charge in [0.15, 0.2) is 0 Å². The molecule has 0 aliphatic carbocycles. The molecule has 4 heteroatoms. The van der Waals surface area contributed by atoms with Crippen molar-refractivity contribution in [1.29, 1.82) is 0 Å². The van der Waals surface area contributed by atoms with Crippen LogP contribution in [0.1, 0.15) is 20.3 Å². The van der Waals surface area contributed by atoms with Crippen LogP contribution >= 0.6 is 0 Å². The van der Waals surface area contributed by atoms with Gasteiger partial charge in [-0.05, 0) is 0 Å². The Morgan fingerprint density at radius 1 is 1.00 bits per heavy atom. The zero-order valence-corrected chi connectivity index (χ0v) is 12.9. The van der Waals surface area contributed by atoms with Crippen LogP contribution in [0.2, 0.25) is 0 Å². The van der Waals surface area contributed by atoms with Crippen molar-refractivity contribution >= 4 is 0 Å². The summed E-state index contributed by atoms with van der Waals surface area (Å²) in [5.41, 5.74) is 0. The Labute approximate surface area is 142 Å². The summed E-state index contributed by atoms with van der Waals surface area (Å²) in [5, 5.41) is 20.3. The van der Waals surface area contributed by atoms with Gasteiger partial charge in [-0.3, -0.25) is 0 Å². The van der Waals surface area contributed by atoms with Crippen LogP contribution in [-0.4, -0.2) is 12.2 Å². The molecule has 0 heterocycles. The minimum atomic E-state index is -0.688. The summed E-state index contributed by atoms with van der Waals surface area (Å²) in [4.78, 5) is 0. The molecule has 0 saturated heterocycles. The van der Waals surface area contributed by atoms with Crippen molar-refractivity contribution in [2.24, 2.45) is 0 Å². The molecule has 0 aromatic heterocycles. The molecule has 0 aliphatic rings. The van der Waals surface area contributed by atoms with Crippen LogP contribution in [0.4, 0.5) is 0 Å². The van der Waals surface area contributed by atoms with Gasteiger partial charge < -0.3 is 10.2 Å². The molecule has 0 aromatic rings. The summed E-state index contributed by atoms with van der Waals surface area (Å²) in [6.07, 6.45) is -1.13. The zero-order valence-electron chi connectivity index (χ0n) is 6.68. The summed E-state index contributed by atoms with van der Waals surface area (Å²) in [6.45, 7) is 3.02. The van der Waals surface area contributed by atoms with E-state index in [4.69, 9.17) is 0 Å². The van der Waals surface area contributed by atoms with Gasteiger partial charge in [0.05, 0.1) is 0 Å². The maximum Gasteiger partial charge on any atom is 1.00 e. The van der Waals surface area contributed by atoms with E-state index in [1.165, 1.54) is 13.8 Å². The van der Waals surface area contributed by atoms with Crippen molar-refractivity contribution in [3.05, 3.63) is 0 Å². The van der Waals surface area contributed by atoms with Crippen molar-refractivity contribution in [3.63, 3.8) is 0 Å². The molecule has 0 aromatic carbocycles. The van der Waals surface area contributed by atoms with Crippen LogP contribution in [-0.2, 0) is 0 Å². The summed E-state index contributed by atoms with van der Waals surface area (Å²) < 4.78 is 0. The molecule has 0 N–H and O–H groups in total. The minimum absolute atomic E-state index is 0. The molecule has 0 spiro atoms. The van der Waals surface area contributed by atoms with Gasteiger partial charge in [-0.15, -0.1) is 12.2 Å². The molecule has 0 saturated carbocycles. The molecule has 0 amide bonds. The first kappa shape index (κ1) is 18.1. The number of hydrogen-bond donors (Lipinski definition) is 0. The van der Waals surface area contributed by atoms with E-state index in [0.29, 0.717) is 0 Å². The standard InChI is InChI=1S/C5H10O2.2K/c1-4(6)3-5(2)7;;/h4-5H,3H2,1-2H3;;/q-2;2*+1. The van der Waals surface area contributed by atoms with E-state index in [2.05, 4.69) is 0 Å². The average Bonchev–Trinajstić information content (AvgIpc) is 1.27. The first-order chi connectivity index (χ1) is 3.13. The molecule has 9 heavy (non-hydrogen) atoms. The molecule has 2 unspecified atom stereocenters. The molecule has 2 nitrogen and oxygen atoms in total. The molecule has 44 valence electrons. The molecule has 0 aliphatic heterocycles. The van der Waals surface area contributed by atoms with Gasteiger partial charge in [0.25, 0.3) is 0 Å². The third kappa shape index (κ3) is 18.3. The van der Waals surface area contributed by atoms with Crippen molar-refractivity contribution in [1.82, 2.24) is 0 Å². The Bertz CT molecular complexity index is 42.2. The summed E-state index contributed by atoms with van der Waals surface area (Å²) in [6, 6.07) is 0. The van der Waals surface area contributed by atoms with Crippen molar-refractivity contribution < 1.29 is 113 Å². The Hall–Kier alpha value is 3.19. The molecular formula is C5H10K2O2. The maximum absolute atomic E-state index is 10.1. The fourth-order valence-electron chi connectivity index (χ4n) is 0.467. The Morgan fingerprint density at radius 2 is 1.22 bits per heavy atom. The van der Waals surface area contributed by atoms with Crippen LogP contribution in [0.25, 0.3) is 0 Å². The maximum atomic E-state index is 10.1. The largest absolute Gasteiger partial charge is 1.00 e. The van der Waals surface area contributed by atoms with E-state index < -0.39 is 12.2 Å². The third-order valence-electron chi connectivity index (χ3n) is 0.664. The van der Waals surface area contributed by atoms with Gasteiger partial charge in [-0.2, -0.15) is 0 Å². The second-order valence-electron chi connectivity index (χ2n) is 1.86. The van der Waals surface area contributed by atoms with Gasteiger partial charge in [0.2, 0.25) is 0 Å². The normalized spacial score (nSPS) is 14.7. The first-order valence-electron chi connectivity index (χ1n) is 2.44. The zero-order chi connectivity index (χ0) is 5.86. The quantitative estimate of drug-likeness (QED) is 0.397. The van der Waals surface area contributed by atoms with Crippen LogP contribution in [0, 0.1) is 0 Å². The molecule has 0 fully saturated rings. The fraction of sp³-hybridized carbons (Fsp3) is 1.00. The third-order valence-corrected chi connectivity index (χ3v) is 0.664. The van der Waals surface area contributed by atoms with Crippen LogP contribution in [0.15, 0.2) is 0 Å². The van der Waals surface area contributed by atoms with E-state index in [9.17, 15) is 10.2 Å². The second-order valence-corrected chi connectivity index (χ2v) is 1.86. The van der Waals surface area contributed by atoms with Crippen molar-refractivity contribution in [2.45, 2.75) is 32.5 Å². The van der Waals surface area contributed by atoms with Crippen LogP contribution in [0.3, 0.4) is 0 Å². The average molecular weight is 180 g/mol. The summed E-state index contributed by atoms with van der Waals surface area (Å²) in [7, 11) is 0. The Morgan fingerprint density at radius 3 is 1.22 bits per heavy atom. The molecule has 0 radical (unpaired) electrons. The molecule has 2 atom stereocenters. The van der Waals surface area contributed by atoms with Crippen molar-refractivity contribution in [2.75, 3.05) is 0 Å². The first-order valence-corrected chi connectivity index (χ1v) is 2.44. The van der Waals surface area contributed by atoms with E-state index >= 15 is 0 Å². The van der Waals surface area contributed by atoms with Crippen molar-refractivity contribution in [3.8, 4) is 0 Å². The van der Waals surface area contributed by atoms with Crippen LogP contribution in [0.5, 0.6) is 0 Å². The van der Waals surface area contributed by atoms with E-state index in [-0.39, 0.29) is 109 Å². The Kier molecular flexibility index (Phi) is 22.5. The predicted molar refractivity (Wildman–Crippen MR) is 23.5 cm³/mol. The summed E-state index contributed by atoms with van der Waals surface area (Å²) >= 11 is 0. The minimum Gasteiger partial charge on any atom is -0.852 e. The molecular weight excluding hydrogens is 170 g/mol. The van der Waals surface area contributed by atoms with Gasteiger partial charge in [0, 0.05) is 0 Å². The number of hydrogen-bond acceptors (Lipinski definition) is 2. The smallest absolute Gasteiger partial charge is 0.852 e. The van der Waals surface area contributed by atoms with Crippen LogP contribution < -0.4 is 113 Å². The fourth-order valence-corrected chi connectivity index (χ4v) is 0.467. The topological polar surface area (TPSA) is 46.1 Å². The predicted octanol–water partition coefficient (Wildman–Crippen LogP) is -7.12. The van der Waals surface area contributed by atoms with E-state index in [0.717, 1.165) is 0 Å². The summed E-state index contributed by atoms with van der Waals surface area (Å²) in [5.74, 6) is 0. The van der Waals surface area contributed by atoms with Gasteiger partial charge >= 0.3 is 103 Å². The van der Waals surface area contributed by atoms with Gasteiger partial charge in [-0.25, -0.2) is 0 Å². The SMILES string of the molecule is CC([O-])CC(C)[O-].[K+].[K+]. The monoisotopic (exact) mass is 180 g/mol. The molecule has 0 rings (SSSR count). The van der Waals surface area contributed by atoms with E-state index in [1.54, 1.807) is 0 Å². The van der Waals surface area contributed by atoms with Gasteiger partial charge in [0.1, 0.15) is 0 Å². The van der Waals surface area contributed by atoms with E-state index in [1.807, 2.05) is 0 Å². The van der Waals surface area contributed by atoms with Gasteiger partial charge in [-0.1, -0.05) is 20.3 Å². The molecule has 0 bridgehead atoms.